The molecule has 10 heavy (non-hydrogen) atoms. The second-order valence-electron chi connectivity index (χ2n) is 2.87. The number of hydrogen-bond donors (Lipinski definition) is 0. The molecule has 0 spiro atoms. The molecule has 1 aliphatic rings. The van der Waals surface area contributed by atoms with E-state index in [-0.39, 0.29) is 0 Å². The summed E-state index contributed by atoms with van der Waals surface area (Å²) >= 11 is 0. The second kappa shape index (κ2) is 3.28. The molecule has 2 unspecified atom stereocenters. The van der Waals surface area contributed by atoms with Crippen molar-refractivity contribution in [3.05, 3.63) is 0 Å². The lowest BCUT2D eigenvalue weighted by Gasteiger charge is -2.26. The van der Waals surface area contributed by atoms with Crippen molar-refractivity contribution in [1.29, 1.82) is 0 Å². The minimum Gasteiger partial charge on any atom is -0.372 e. The maximum atomic E-state index is 12.0. The van der Waals surface area contributed by atoms with E-state index in [1.54, 1.807) is 0 Å². The van der Waals surface area contributed by atoms with E-state index in [1.807, 2.05) is 6.92 Å². The molecule has 1 fully saturated rings. The van der Waals surface area contributed by atoms with E-state index >= 15 is 0 Å². The lowest BCUT2D eigenvalue weighted by Crippen LogP contribution is -2.30. The van der Waals surface area contributed by atoms with Crippen LogP contribution in [0.3, 0.4) is 0 Å². The standard InChI is InChI=1S/C7H12F2O/c1-5-2-3-10-6(4-5)7(8)9/h5-7H,2-4H2,1H3. The van der Waals surface area contributed by atoms with Gasteiger partial charge in [0.05, 0.1) is 0 Å². The molecule has 3 heteroatoms. The first-order valence-electron chi connectivity index (χ1n) is 3.60. The van der Waals surface area contributed by atoms with Crippen LogP contribution in [0.1, 0.15) is 19.8 Å². The van der Waals surface area contributed by atoms with Gasteiger partial charge in [-0.1, -0.05) is 6.92 Å². The van der Waals surface area contributed by atoms with Gasteiger partial charge in [0.2, 0.25) is 0 Å². The van der Waals surface area contributed by atoms with Gasteiger partial charge >= 0.3 is 0 Å². The summed E-state index contributed by atoms with van der Waals surface area (Å²) in [5.41, 5.74) is 0. The average molecular weight is 150 g/mol. The third-order valence-corrected chi connectivity index (χ3v) is 1.86. The van der Waals surface area contributed by atoms with Gasteiger partial charge in [-0.2, -0.15) is 0 Å². The average Bonchev–Trinajstić information content (AvgIpc) is 1.88. The van der Waals surface area contributed by atoms with Gasteiger partial charge in [-0.05, 0) is 18.8 Å². The van der Waals surface area contributed by atoms with Crippen LogP contribution in [0.2, 0.25) is 0 Å². The molecule has 0 radical (unpaired) electrons. The van der Waals surface area contributed by atoms with Crippen LogP contribution in [0.5, 0.6) is 0 Å². The van der Waals surface area contributed by atoms with E-state index in [9.17, 15) is 8.78 Å². The fourth-order valence-electron chi connectivity index (χ4n) is 1.18. The van der Waals surface area contributed by atoms with Crippen LogP contribution in [-0.4, -0.2) is 19.1 Å². The van der Waals surface area contributed by atoms with Crippen molar-refractivity contribution in [3.63, 3.8) is 0 Å². The number of rotatable bonds is 1. The van der Waals surface area contributed by atoms with Crippen molar-refractivity contribution >= 4 is 0 Å². The van der Waals surface area contributed by atoms with Crippen LogP contribution in [0.25, 0.3) is 0 Å². The van der Waals surface area contributed by atoms with Gasteiger partial charge in [0.15, 0.2) is 0 Å². The third kappa shape index (κ3) is 1.90. The van der Waals surface area contributed by atoms with Crippen LogP contribution in [-0.2, 0) is 4.74 Å². The molecule has 1 saturated heterocycles. The zero-order valence-corrected chi connectivity index (χ0v) is 6.02. The molecule has 0 aliphatic carbocycles. The van der Waals surface area contributed by atoms with Crippen LogP contribution in [0, 0.1) is 5.92 Å². The van der Waals surface area contributed by atoms with E-state index in [1.165, 1.54) is 0 Å². The van der Waals surface area contributed by atoms with Crippen molar-refractivity contribution in [2.45, 2.75) is 32.3 Å². The fraction of sp³-hybridized carbons (Fsp3) is 1.00. The third-order valence-electron chi connectivity index (χ3n) is 1.86. The Kier molecular flexibility index (Phi) is 2.60. The Labute approximate surface area is 59.4 Å². The van der Waals surface area contributed by atoms with Gasteiger partial charge in [0, 0.05) is 6.61 Å². The van der Waals surface area contributed by atoms with E-state index in [4.69, 9.17) is 4.74 Å². The van der Waals surface area contributed by atoms with E-state index < -0.39 is 12.5 Å². The highest BCUT2D eigenvalue weighted by molar-refractivity contribution is 4.69. The molecule has 0 aromatic heterocycles. The molecule has 0 bridgehead atoms. The Morgan fingerprint density at radius 3 is 2.60 bits per heavy atom. The highest BCUT2D eigenvalue weighted by Crippen LogP contribution is 2.23. The van der Waals surface area contributed by atoms with Crippen molar-refractivity contribution in [3.8, 4) is 0 Å². The summed E-state index contributed by atoms with van der Waals surface area (Å²) < 4.78 is 28.8. The Morgan fingerprint density at radius 2 is 2.20 bits per heavy atom. The summed E-state index contributed by atoms with van der Waals surface area (Å²) in [5.74, 6) is 0.396. The molecule has 0 aromatic rings. The van der Waals surface area contributed by atoms with E-state index in [0.29, 0.717) is 18.9 Å². The first-order valence-corrected chi connectivity index (χ1v) is 3.60. The molecule has 0 N–H and O–H groups in total. The van der Waals surface area contributed by atoms with Gasteiger partial charge in [-0.3, -0.25) is 0 Å². The van der Waals surface area contributed by atoms with Crippen molar-refractivity contribution in [2.75, 3.05) is 6.61 Å². The molecule has 1 aliphatic heterocycles. The molecule has 1 heterocycles. The van der Waals surface area contributed by atoms with Gasteiger partial charge in [-0.25, -0.2) is 8.78 Å². The smallest absolute Gasteiger partial charge is 0.264 e. The van der Waals surface area contributed by atoms with Crippen molar-refractivity contribution in [1.82, 2.24) is 0 Å². The zero-order chi connectivity index (χ0) is 7.56. The number of alkyl halides is 2. The van der Waals surface area contributed by atoms with Crippen LogP contribution >= 0.6 is 0 Å². The van der Waals surface area contributed by atoms with Crippen LogP contribution < -0.4 is 0 Å². The van der Waals surface area contributed by atoms with E-state index in [2.05, 4.69) is 0 Å². The zero-order valence-electron chi connectivity index (χ0n) is 6.02. The van der Waals surface area contributed by atoms with E-state index in [0.717, 1.165) is 6.42 Å². The molecular weight excluding hydrogens is 138 g/mol. The topological polar surface area (TPSA) is 9.23 Å². The monoisotopic (exact) mass is 150 g/mol. The molecule has 1 nitrogen and oxygen atoms in total. The number of ether oxygens (including phenoxy) is 1. The Morgan fingerprint density at radius 1 is 1.50 bits per heavy atom. The number of hydrogen-bond acceptors (Lipinski definition) is 1. The van der Waals surface area contributed by atoms with Crippen LogP contribution in [0.15, 0.2) is 0 Å². The maximum absolute atomic E-state index is 12.0. The predicted molar refractivity (Wildman–Crippen MR) is 34.1 cm³/mol. The predicted octanol–water partition coefficient (Wildman–Crippen LogP) is 2.07. The first kappa shape index (κ1) is 7.92. The lowest BCUT2D eigenvalue weighted by molar-refractivity contribution is -0.0905. The number of halogens is 2. The minimum atomic E-state index is -2.30. The summed E-state index contributed by atoms with van der Waals surface area (Å²) in [7, 11) is 0. The summed E-state index contributed by atoms with van der Waals surface area (Å²) in [4.78, 5) is 0. The van der Waals surface area contributed by atoms with Crippen molar-refractivity contribution in [2.24, 2.45) is 5.92 Å². The lowest BCUT2D eigenvalue weighted by atomic mass is 9.98. The Balaban J connectivity index is 2.32. The molecule has 1 rings (SSSR count). The largest absolute Gasteiger partial charge is 0.372 e. The second-order valence-corrected chi connectivity index (χ2v) is 2.87. The van der Waals surface area contributed by atoms with Gasteiger partial charge in [-0.15, -0.1) is 0 Å². The van der Waals surface area contributed by atoms with Crippen LogP contribution in [0.4, 0.5) is 8.78 Å². The highest BCUT2D eigenvalue weighted by atomic mass is 19.3. The quantitative estimate of drug-likeness (QED) is 0.556. The van der Waals surface area contributed by atoms with Gasteiger partial charge < -0.3 is 4.74 Å². The maximum Gasteiger partial charge on any atom is 0.264 e. The summed E-state index contributed by atoms with van der Waals surface area (Å²) in [6, 6.07) is 0. The SMILES string of the molecule is CC1CCOC(C(F)F)C1. The molecular formula is C7H12F2O. The summed E-state index contributed by atoms with van der Waals surface area (Å²) in [5, 5.41) is 0. The summed E-state index contributed by atoms with van der Waals surface area (Å²) in [6.07, 6.45) is -1.67. The fourth-order valence-corrected chi connectivity index (χ4v) is 1.18. The van der Waals surface area contributed by atoms with Gasteiger partial charge in [0.25, 0.3) is 6.43 Å². The van der Waals surface area contributed by atoms with Crippen molar-refractivity contribution < 1.29 is 13.5 Å². The minimum absolute atomic E-state index is 0.396. The molecule has 0 aromatic carbocycles. The highest BCUT2D eigenvalue weighted by Gasteiger charge is 2.26. The summed E-state index contributed by atoms with van der Waals surface area (Å²) in [6.45, 7) is 2.48. The Hall–Kier alpha value is -0.180. The molecule has 60 valence electrons. The van der Waals surface area contributed by atoms with Gasteiger partial charge in [0.1, 0.15) is 6.10 Å². The molecule has 2 atom stereocenters. The normalized spacial score (nSPS) is 34.8. The molecule has 0 amide bonds. The Bertz CT molecular complexity index is 106. The first-order chi connectivity index (χ1) is 4.70. The molecule has 0 saturated carbocycles.